The Labute approximate surface area is 436 Å². The number of ether oxygens (including phenoxy) is 2. The fourth-order valence-electron chi connectivity index (χ4n) is 7.84. The van der Waals surface area contributed by atoms with E-state index in [1.807, 2.05) is 0 Å². The third-order valence-electron chi connectivity index (χ3n) is 12.1. The van der Waals surface area contributed by atoms with Crippen LogP contribution in [0, 0.1) is 0 Å². The lowest BCUT2D eigenvalue weighted by Gasteiger charge is -2.41. The minimum absolute atomic E-state index is 0.0930. The van der Waals surface area contributed by atoms with Crippen LogP contribution < -0.4 is 0 Å². The van der Waals surface area contributed by atoms with Gasteiger partial charge in [-0.1, -0.05) is 200 Å². The molecule has 1 rings (SSSR count). The van der Waals surface area contributed by atoms with Gasteiger partial charge < -0.3 is 39.9 Å². The molecule has 6 N–H and O–H groups in total. The Morgan fingerprint density at radius 1 is 0.444 bits per heavy atom. The zero-order valence-electron chi connectivity index (χ0n) is 44.4. The van der Waals surface area contributed by atoms with Gasteiger partial charge in [0.25, 0.3) is 0 Å². The van der Waals surface area contributed by atoms with Crippen LogP contribution in [0.3, 0.4) is 0 Å². The van der Waals surface area contributed by atoms with E-state index in [-0.39, 0.29) is 13.0 Å². The SMILES string of the molecule is CC/C=C\C/C=C\C/C=C\C/C=C\C/C=C\CCCCCCCCCCOCC(COP(=O)(O)OC1C(O)C(O)C(O)C(O)C1O)OC(=O)CCCCCCCCCC/C=C\C/C=C\C/C=C\C/C=C\CC. The molecule has 412 valence electrons. The van der Waals surface area contributed by atoms with E-state index < -0.39 is 63.1 Å². The van der Waals surface area contributed by atoms with Gasteiger partial charge in [0, 0.05) is 13.0 Å². The average molecular weight is 1030 g/mol. The normalized spacial score (nSPS) is 21.5. The van der Waals surface area contributed by atoms with Crippen molar-refractivity contribution in [2.45, 2.75) is 236 Å². The van der Waals surface area contributed by atoms with Gasteiger partial charge in [0.05, 0.1) is 13.2 Å². The van der Waals surface area contributed by atoms with Gasteiger partial charge in [0.15, 0.2) is 0 Å². The van der Waals surface area contributed by atoms with E-state index in [0.717, 1.165) is 122 Å². The Balaban J connectivity index is 2.33. The van der Waals surface area contributed by atoms with Crippen molar-refractivity contribution in [1.82, 2.24) is 0 Å². The van der Waals surface area contributed by atoms with Crippen molar-refractivity contribution in [2.75, 3.05) is 19.8 Å². The number of carbonyl (C=O) groups is 1. The smallest absolute Gasteiger partial charge is 0.457 e. The molecule has 0 aromatic rings. The number of esters is 1. The third kappa shape index (κ3) is 38.6. The van der Waals surface area contributed by atoms with Crippen molar-refractivity contribution < 1.29 is 58.3 Å². The molecule has 0 heterocycles. The maximum Gasteiger partial charge on any atom is 0.472 e. The van der Waals surface area contributed by atoms with Crippen molar-refractivity contribution in [1.29, 1.82) is 0 Å². The van der Waals surface area contributed by atoms with Crippen molar-refractivity contribution in [3.05, 3.63) is 109 Å². The lowest BCUT2D eigenvalue weighted by molar-refractivity contribution is -0.220. The second-order valence-electron chi connectivity index (χ2n) is 18.7. The molecule has 0 aromatic carbocycles. The number of unbranched alkanes of at least 4 members (excludes halogenated alkanes) is 16. The van der Waals surface area contributed by atoms with Crippen LogP contribution in [0.1, 0.15) is 194 Å². The molecule has 0 amide bonds. The third-order valence-corrected chi connectivity index (χ3v) is 13.1. The summed E-state index contributed by atoms with van der Waals surface area (Å²) >= 11 is 0. The molecule has 0 radical (unpaired) electrons. The molecule has 1 aliphatic rings. The average Bonchev–Trinajstić information content (AvgIpc) is 3.37. The number of phosphoric ester groups is 1. The van der Waals surface area contributed by atoms with Gasteiger partial charge in [-0.15, -0.1) is 0 Å². The summed E-state index contributed by atoms with van der Waals surface area (Å²) in [5, 5.41) is 50.4. The van der Waals surface area contributed by atoms with Gasteiger partial charge in [-0.25, -0.2) is 4.57 Å². The Kier molecular flexibility index (Phi) is 44.4. The fraction of sp³-hybridized carbons (Fsp3) is 0.678. The zero-order valence-corrected chi connectivity index (χ0v) is 45.3. The highest BCUT2D eigenvalue weighted by atomic mass is 31.2. The molecular formula is C59H99O12P. The molecule has 0 spiro atoms. The van der Waals surface area contributed by atoms with Crippen molar-refractivity contribution in [3.63, 3.8) is 0 Å². The first-order chi connectivity index (χ1) is 35.0. The number of rotatable bonds is 46. The molecule has 6 unspecified atom stereocenters. The summed E-state index contributed by atoms with van der Waals surface area (Å²) in [6.07, 6.45) is 55.7. The second kappa shape index (κ2) is 47.7. The van der Waals surface area contributed by atoms with E-state index in [9.17, 15) is 39.8 Å². The van der Waals surface area contributed by atoms with Crippen LogP contribution in [0.2, 0.25) is 0 Å². The lowest BCUT2D eigenvalue weighted by atomic mass is 9.85. The van der Waals surface area contributed by atoms with Gasteiger partial charge >= 0.3 is 13.8 Å². The maximum absolute atomic E-state index is 12.9. The first-order valence-corrected chi connectivity index (χ1v) is 29.2. The Bertz CT molecular complexity index is 1600. The molecule has 1 fully saturated rings. The fourth-order valence-corrected chi connectivity index (χ4v) is 8.82. The number of allylic oxidation sites excluding steroid dienone is 18. The van der Waals surface area contributed by atoms with Gasteiger partial charge in [-0.05, 0) is 96.3 Å². The number of hydrogen-bond acceptors (Lipinski definition) is 11. The van der Waals surface area contributed by atoms with Crippen LogP contribution in [0.5, 0.6) is 0 Å². The summed E-state index contributed by atoms with van der Waals surface area (Å²) in [5.74, 6) is -0.493. The molecule has 13 heteroatoms. The van der Waals surface area contributed by atoms with E-state index in [2.05, 4.69) is 123 Å². The van der Waals surface area contributed by atoms with Gasteiger partial charge in [-0.3, -0.25) is 13.8 Å². The predicted molar refractivity (Wildman–Crippen MR) is 294 cm³/mol. The number of phosphoric acid groups is 1. The van der Waals surface area contributed by atoms with E-state index in [4.69, 9.17) is 18.5 Å². The largest absolute Gasteiger partial charge is 0.472 e. The standard InChI is InChI=1S/C59H99O12P/c1-3-5-7-9-11-13-15-17-19-21-23-25-26-27-29-31-33-35-37-39-41-43-45-47-49-68-50-52(51-69-72(66,67)71-59-57(64)55(62)54(61)56(63)58(59)65)70-53(60)48-46-44-42-40-38-36-34-32-30-28-24-22-20-18-16-14-12-10-8-6-4-2/h5-8,11-14,17-20,23-25,27-29,52,54-59,61-65H,3-4,9-10,15-16,21-22,26,30-51H2,1-2H3,(H,66,67)/b7-5-,8-6-,13-11-,14-12-,19-17-,20-18-,25-23-,28-24-,29-27-. The van der Waals surface area contributed by atoms with E-state index in [1.165, 1.54) is 44.9 Å². The molecule has 72 heavy (non-hydrogen) atoms. The number of aliphatic hydroxyl groups is 5. The summed E-state index contributed by atoms with van der Waals surface area (Å²) in [6, 6.07) is 0. The number of carbonyl (C=O) groups excluding carboxylic acids is 1. The summed E-state index contributed by atoms with van der Waals surface area (Å²) in [5.41, 5.74) is 0. The Morgan fingerprint density at radius 2 is 0.778 bits per heavy atom. The highest BCUT2D eigenvalue weighted by Gasteiger charge is 2.51. The molecular weight excluding hydrogens is 932 g/mol. The summed E-state index contributed by atoms with van der Waals surface area (Å²) in [7, 11) is -5.04. The highest BCUT2D eigenvalue weighted by molar-refractivity contribution is 7.47. The number of hydrogen-bond donors (Lipinski definition) is 6. The summed E-state index contributed by atoms with van der Waals surface area (Å²) in [6.45, 7) is 4.01. The maximum atomic E-state index is 12.9. The van der Waals surface area contributed by atoms with E-state index in [1.54, 1.807) is 0 Å². The quantitative estimate of drug-likeness (QED) is 0.0147. The zero-order chi connectivity index (χ0) is 52.6. The molecule has 1 saturated carbocycles. The van der Waals surface area contributed by atoms with E-state index in [0.29, 0.717) is 13.0 Å². The van der Waals surface area contributed by atoms with Crippen LogP contribution in [-0.2, 0) is 27.9 Å². The summed E-state index contributed by atoms with van der Waals surface area (Å²) in [4.78, 5) is 23.3. The van der Waals surface area contributed by atoms with E-state index >= 15 is 0 Å². The minimum atomic E-state index is -5.04. The van der Waals surface area contributed by atoms with Crippen LogP contribution in [-0.4, -0.2) is 98.9 Å². The molecule has 0 aliphatic heterocycles. The monoisotopic (exact) mass is 1030 g/mol. The van der Waals surface area contributed by atoms with Crippen LogP contribution in [0.25, 0.3) is 0 Å². The van der Waals surface area contributed by atoms with Crippen LogP contribution in [0.15, 0.2) is 109 Å². The second-order valence-corrected chi connectivity index (χ2v) is 20.1. The van der Waals surface area contributed by atoms with Crippen molar-refractivity contribution >= 4 is 13.8 Å². The predicted octanol–water partition coefficient (Wildman–Crippen LogP) is 13.2. The van der Waals surface area contributed by atoms with Crippen LogP contribution >= 0.6 is 7.82 Å². The lowest BCUT2D eigenvalue weighted by Crippen LogP contribution is -2.64. The van der Waals surface area contributed by atoms with Gasteiger partial charge in [-0.2, -0.15) is 0 Å². The first-order valence-electron chi connectivity index (χ1n) is 27.7. The Morgan fingerprint density at radius 3 is 1.18 bits per heavy atom. The van der Waals surface area contributed by atoms with Crippen molar-refractivity contribution in [2.24, 2.45) is 0 Å². The molecule has 1 aliphatic carbocycles. The molecule has 6 atom stereocenters. The topological polar surface area (TPSA) is 192 Å². The molecule has 0 bridgehead atoms. The van der Waals surface area contributed by atoms with Crippen molar-refractivity contribution in [3.8, 4) is 0 Å². The summed E-state index contributed by atoms with van der Waals surface area (Å²) < 4.78 is 34.4. The molecule has 0 saturated heterocycles. The van der Waals surface area contributed by atoms with Gasteiger partial charge in [0.1, 0.15) is 42.7 Å². The minimum Gasteiger partial charge on any atom is -0.457 e. The highest BCUT2D eigenvalue weighted by Crippen LogP contribution is 2.47. The molecule has 12 nitrogen and oxygen atoms in total. The molecule has 0 aromatic heterocycles. The Hall–Kier alpha value is -3.00. The van der Waals surface area contributed by atoms with Gasteiger partial charge in [0.2, 0.25) is 0 Å². The number of aliphatic hydroxyl groups excluding tert-OH is 5. The first kappa shape index (κ1) is 67.0. The van der Waals surface area contributed by atoms with Crippen LogP contribution in [0.4, 0.5) is 0 Å².